The van der Waals surface area contributed by atoms with E-state index in [9.17, 15) is 0 Å². The summed E-state index contributed by atoms with van der Waals surface area (Å²) in [5, 5.41) is 3.78. The van der Waals surface area contributed by atoms with Gasteiger partial charge in [0.25, 0.3) is 0 Å². The summed E-state index contributed by atoms with van der Waals surface area (Å²) in [4.78, 5) is 2.78. The van der Waals surface area contributed by atoms with Crippen LogP contribution in [0.4, 0.5) is 0 Å². The molecule has 2 fully saturated rings. The minimum atomic E-state index is 0.377. The Labute approximate surface area is 126 Å². The third-order valence-electron chi connectivity index (χ3n) is 5.58. The first-order chi connectivity index (χ1) is 9.50. The monoisotopic (exact) mass is 280 g/mol. The predicted molar refractivity (Wildman–Crippen MR) is 88.1 cm³/mol. The lowest BCUT2D eigenvalue weighted by Crippen LogP contribution is -2.60. The molecule has 2 unspecified atom stereocenters. The SMILES string of the molecule is CCC1CNC(C(C)(C)C)CN1CCCC1CCCC1. The molecule has 2 nitrogen and oxygen atoms in total. The van der Waals surface area contributed by atoms with Gasteiger partial charge in [-0.3, -0.25) is 4.90 Å². The number of nitrogens with zero attached hydrogens (tertiary/aromatic N) is 1. The van der Waals surface area contributed by atoms with E-state index in [1.165, 1.54) is 64.6 Å². The zero-order valence-electron chi connectivity index (χ0n) is 14.3. The average Bonchev–Trinajstić information content (AvgIpc) is 2.90. The Kier molecular flexibility index (Phi) is 5.92. The normalized spacial score (nSPS) is 30.0. The lowest BCUT2D eigenvalue weighted by Gasteiger charge is -2.45. The molecule has 2 aliphatic rings. The van der Waals surface area contributed by atoms with Crippen LogP contribution < -0.4 is 5.32 Å². The van der Waals surface area contributed by atoms with Gasteiger partial charge in [-0.25, -0.2) is 0 Å². The molecule has 2 atom stereocenters. The fourth-order valence-electron chi connectivity index (χ4n) is 3.99. The summed E-state index contributed by atoms with van der Waals surface area (Å²) in [6, 6.07) is 1.41. The van der Waals surface area contributed by atoms with Gasteiger partial charge in [-0.1, -0.05) is 53.4 Å². The van der Waals surface area contributed by atoms with E-state index in [1.807, 2.05) is 0 Å². The molecule has 0 aromatic rings. The fraction of sp³-hybridized carbons (Fsp3) is 1.00. The summed E-state index contributed by atoms with van der Waals surface area (Å²) < 4.78 is 0. The highest BCUT2D eigenvalue weighted by molar-refractivity contribution is 4.91. The van der Waals surface area contributed by atoms with Crippen molar-refractivity contribution in [1.82, 2.24) is 10.2 Å². The second-order valence-electron chi connectivity index (χ2n) is 8.18. The van der Waals surface area contributed by atoms with Gasteiger partial charge in [0, 0.05) is 25.2 Å². The Hall–Kier alpha value is -0.0800. The molecule has 2 rings (SSSR count). The first kappa shape index (κ1) is 16.3. The first-order valence-electron chi connectivity index (χ1n) is 8.98. The van der Waals surface area contributed by atoms with E-state index < -0.39 is 0 Å². The fourth-order valence-corrected chi connectivity index (χ4v) is 3.99. The smallest absolute Gasteiger partial charge is 0.0244 e. The lowest BCUT2D eigenvalue weighted by atomic mass is 9.84. The van der Waals surface area contributed by atoms with Crippen LogP contribution in [0.25, 0.3) is 0 Å². The molecule has 0 aromatic heterocycles. The Balaban J connectivity index is 1.79. The van der Waals surface area contributed by atoms with Crippen LogP contribution in [0, 0.1) is 11.3 Å². The van der Waals surface area contributed by atoms with E-state index in [0.29, 0.717) is 11.5 Å². The summed E-state index contributed by atoms with van der Waals surface area (Å²) in [6.07, 6.45) is 10.2. The molecule has 1 aliphatic heterocycles. The van der Waals surface area contributed by atoms with E-state index in [2.05, 4.69) is 37.9 Å². The number of nitrogens with one attached hydrogen (secondary N) is 1. The molecule has 118 valence electrons. The van der Waals surface area contributed by atoms with Crippen LogP contribution in [-0.2, 0) is 0 Å². The van der Waals surface area contributed by atoms with Crippen molar-refractivity contribution in [1.29, 1.82) is 0 Å². The van der Waals surface area contributed by atoms with E-state index in [0.717, 1.165) is 12.0 Å². The highest BCUT2D eigenvalue weighted by Gasteiger charge is 2.33. The third-order valence-corrected chi connectivity index (χ3v) is 5.58. The lowest BCUT2D eigenvalue weighted by molar-refractivity contribution is 0.0810. The van der Waals surface area contributed by atoms with Crippen molar-refractivity contribution in [3.63, 3.8) is 0 Å². The molecule has 0 radical (unpaired) electrons. The van der Waals surface area contributed by atoms with Crippen LogP contribution >= 0.6 is 0 Å². The number of piperazine rings is 1. The maximum absolute atomic E-state index is 3.78. The van der Waals surface area contributed by atoms with Crippen LogP contribution in [0.2, 0.25) is 0 Å². The minimum Gasteiger partial charge on any atom is -0.311 e. The topological polar surface area (TPSA) is 15.3 Å². The maximum atomic E-state index is 3.78. The van der Waals surface area contributed by atoms with Gasteiger partial charge in [-0.15, -0.1) is 0 Å². The third kappa shape index (κ3) is 4.46. The quantitative estimate of drug-likeness (QED) is 0.817. The van der Waals surface area contributed by atoms with Crippen LogP contribution in [0.5, 0.6) is 0 Å². The minimum absolute atomic E-state index is 0.377. The maximum Gasteiger partial charge on any atom is 0.0244 e. The van der Waals surface area contributed by atoms with Gasteiger partial charge < -0.3 is 5.32 Å². The molecule has 1 N–H and O–H groups in total. The Morgan fingerprint density at radius 3 is 2.45 bits per heavy atom. The second-order valence-corrected chi connectivity index (χ2v) is 8.18. The standard InChI is InChI=1S/C18H36N2/c1-5-16-13-19-17(18(2,3)4)14-20(16)12-8-11-15-9-6-7-10-15/h15-17,19H,5-14H2,1-4H3. The van der Waals surface area contributed by atoms with Gasteiger partial charge in [0.2, 0.25) is 0 Å². The Bertz CT molecular complexity index is 276. The van der Waals surface area contributed by atoms with Crippen molar-refractivity contribution in [3.05, 3.63) is 0 Å². The van der Waals surface area contributed by atoms with Crippen molar-refractivity contribution in [2.24, 2.45) is 11.3 Å². The van der Waals surface area contributed by atoms with Gasteiger partial charge >= 0.3 is 0 Å². The van der Waals surface area contributed by atoms with Gasteiger partial charge in [-0.05, 0) is 37.1 Å². The highest BCUT2D eigenvalue weighted by Crippen LogP contribution is 2.29. The molecule has 0 amide bonds. The molecule has 1 heterocycles. The van der Waals surface area contributed by atoms with Gasteiger partial charge in [-0.2, -0.15) is 0 Å². The van der Waals surface area contributed by atoms with E-state index in [4.69, 9.17) is 0 Å². The molecule has 1 saturated heterocycles. The zero-order valence-corrected chi connectivity index (χ0v) is 14.3. The van der Waals surface area contributed by atoms with Gasteiger partial charge in [0.15, 0.2) is 0 Å². The molecular weight excluding hydrogens is 244 g/mol. The summed E-state index contributed by atoms with van der Waals surface area (Å²) in [5.74, 6) is 1.05. The number of hydrogen-bond acceptors (Lipinski definition) is 2. The zero-order chi connectivity index (χ0) is 14.6. The number of hydrogen-bond donors (Lipinski definition) is 1. The molecule has 2 heteroatoms. The first-order valence-corrected chi connectivity index (χ1v) is 8.98. The van der Waals surface area contributed by atoms with Crippen LogP contribution in [0.1, 0.15) is 72.6 Å². The van der Waals surface area contributed by atoms with Crippen LogP contribution in [-0.4, -0.2) is 36.6 Å². The molecule has 1 aliphatic carbocycles. The largest absolute Gasteiger partial charge is 0.311 e. The second kappa shape index (κ2) is 7.26. The van der Waals surface area contributed by atoms with Crippen molar-refractivity contribution in [2.45, 2.75) is 84.7 Å². The summed E-state index contributed by atoms with van der Waals surface area (Å²) in [6.45, 7) is 13.2. The van der Waals surface area contributed by atoms with E-state index in [1.54, 1.807) is 0 Å². The summed E-state index contributed by atoms with van der Waals surface area (Å²) >= 11 is 0. The van der Waals surface area contributed by atoms with Crippen molar-refractivity contribution >= 4 is 0 Å². The Morgan fingerprint density at radius 1 is 1.15 bits per heavy atom. The Morgan fingerprint density at radius 2 is 1.85 bits per heavy atom. The van der Waals surface area contributed by atoms with E-state index >= 15 is 0 Å². The highest BCUT2D eigenvalue weighted by atomic mass is 15.2. The number of rotatable bonds is 5. The molecule has 1 saturated carbocycles. The molecule has 0 spiro atoms. The van der Waals surface area contributed by atoms with E-state index in [-0.39, 0.29) is 0 Å². The average molecular weight is 280 g/mol. The molecular formula is C18H36N2. The molecule has 20 heavy (non-hydrogen) atoms. The van der Waals surface area contributed by atoms with Crippen molar-refractivity contribution in [3.8, 4) is 0 Å². The molecule has 0 aromatic carbocycles. The summed E-state index contributed by atoms with van der Waals surface area (Å²) in [7, 11) is 0. The van der Waals surface area contributed by atoms with Crippen molar-refractivity contribution < 1.29 is 0 Å². The summed E-state index contributed by atoms with van der Waals surface area (Å²) in [5.41, 5.74) is 0.377. The van der Waals surface area contributed by atoms with Crippen LogP contribution in [0.3, 0.4) is 0 Å². The van der Waals surface area contributed by atoms with Crippen LogP contribution in [0.15, 0.2) is 0 Å². The van der Waals surface area contributed by atoms with Gasteiger partial charge in [0.1, 0.15) is 0 Å². The van der Waals surface area contributed by atoms with Crippen molar-refractivity contribution in [2.75, 3.05) is 19.6 Å². The van der Waals surface area contributed by atoms with Gasteiger partial charge in [0.05, 0.1) is 0 Å². The predicted octanol–water partition coefficient (Wildman–Crippen LogP) is 4.06. The molecule has 0 bridgehead atoms.